The fourth-order valence-corrected chi connectivity index (χ4v) is 3.19. The molecular formula is C16H23ClN2O2. The average Bonchev–Trinajstić information content (AvgIpc) is 2.98. The lowest BCUT2D eigenvalue weighted by molar-refractivity contribution is 0.0601. The molecule has 1 aliphatic rings. The molecule has 1 aromatic rings. The summed E-state index contributed by atoms with van der Waals surface area (Å²) in [4.78, 5) is 16.5. The van der Waals surface area contributed by atoms with E-state index in [0.29, 0.717) is 16.6 Å². The molecule has 1 saturated heterocycles. The fourth-order valence-electron chi connectivity index (χ4n) is 2.99. The van der Waals surface area contributed by atoms with Crippen molar-refractivity contribution >= 4 is 23.3 Å². The van der Waals surface area contributed by atoms with Crippen molar-refractivity contribution in [1.82, 2.24) is 4.90 Å². The number of nitrogens with zero attached hydrogens (tertiary/aromatic N) is 2. The monoisotopic (exact) mass is 310 g/mol. The number of rotatable bonds is 5. The molecule has 1 aliphatic heterocycles. The summed E-state index contributed by atoms with van der Waals surface area (Å²) >= 11 is 6.07. The van der Waals surface area contributed by atoms with Gasteiger partial charge >= 0.3 is 5.97 Å². The molecule has 116 valence electrons. The molecule has 1 aromatic carbocycles. The lowest BCUT2D eigenvalue weighted by atomic mass is 10.2. The Balaban J connectivity index is 2.15. The van der Waals surface area contributed by atoms with Gasteiger partial charge in [-0.2, -0.15) is 0 Å². The first-order valence-electron chi connectivity index (χ1n) is 7.47. The summed E-state index contributed by atoms with van der Waals surface area (Å²) in [5.74, 6) is -0.388. The highest BCUT2D eigenvalue weighted by atomic mass is 35.5. The van der Waals surface area contributed by atoms with E-state index in [4.69, 9.17) is 16.3 Å². The number of carbonyl (C=O) groups is 1. The zero-order valence-electron chi connectivity index (χ0n) is 12.9. The van der Waals surface area contributed by atoms with Gasteiger partial charge in [0.2, 0.25) is 0 Å². The third-order valence-electron chi connectivity index (χ3n) is 4.21. The van der Waals surface area contributed by atoms with Crippen molar-refractivity contribution < 1.29 is 9.53 Å². The van der Waals surface area contributed by atoms with Crippen LogP contribution in [-0.2, 0) is 4.74 Å². The quantitative estimate of drug-likeness (QED) is 0.783. The minimum atomic E-state index is -0.388. The number of likely N-dealkylation sites (N-methyl/N-ethyl adjacent to an activating group) is 1. The van der Waals surface area contributed by atoms with Crippen LogP contribution in [0.3, 0.4) is 0 Å². The van der Waals surface area contributed by atoms with E-state index in [1.807, 2.05) is 12.1 Å². The molecule has 1 fully saturated rings. The summed E-state index contributed by atoms with van der Waals surface area (Å²) in [6.07, 6.45) is 1.15. The maximum Gasteiger partial charge on any atom is 0.339 e. The van der Waals surface area contributed by atoms with E-state index in [0.717, 1.165) is 38.3 Å². The van der Waals surface area contributed by atoms with Gasteiger partial charge in [0.15, 0.2) is 0 Å². The number of hydrogen-bond donors (Lipinski definition) is 0. The van der Waals surface area contributed by atoms with Crippen LogP contribution in [-0.4, -0.2) is 50.2 Å². The van der Waals surface area contributed by atoms with Crippen molar-refractivity contribution in [2.45, 2.75) is 26.3 Å². The van der Waals surface area contributed by atoms with Gasteiger partial charge in [0.25, 0.3) is 0 Å². The summed E-state index contributed by atoms with van der Waals surface area (Å²) in [5, 5.41) is 0.435. The maximum atomic E-state index is 11.7. The van der Waals surface area contributed by atoms with Crippen molar-refractivity contribution in [3.05, 3.63) is 28.8 Å². The second-order valence-electron chi connectivity index (χ2n) is 5.27. The average molecular weight is 311 g/mol. The lowest BCUT2D eigenvalue weighted by Crippen LogP contribution is -2.37. The van der Waals surface area contributed by atoms with Gasteiger partial charge in [-0.1, -0.05) is 25.4 Å². The molecule has 0 aromatic heterocycles. The molecule has 0 amide bonds. The Morgan fingerprint density at radius 1 is 1.43 bits per heavy atom. The summed E-state index contributed by atoms with van der Waals surface area (Å²) in [6.45, 7) is 8.53. The summed E-state index contributed by atoms with van der Waals surface area (Å²) in [5.41, 5.74) is 1.47. The molecule has 1 unspecified atom stereocenters. The molecule has 21 heavy (non-hydrogen) atoms. The normalized spacial score (nSPS) is 18.3. The molecule has 1 heterocycles. The lowest BCUT2D eigenvalue weighted by Gasteiger charge is -2.26. The van der Waals surface area contributed by atoms with E-state index in [9.17, 15) is 4.79 Å². The highest BCUT2D eigenvalue weighted by Crippen LogP contribution is 2.27. The van der Waals surface area contributed by atoms with Crippen LogP contribution in [0.2, 0.25) is 5.02 Å². The van der Waals surface area contributed by atoms with Crippen molar-refractivity contribution in [2.75, 3.05) is 38.2 Å². The molecule has 0 bridgehead atoms. The zero-order valence-corrected chi connectivity index (χ0v) is 13.7. The van der Waals surface area contributed by atoms with Gasteiger partial charge in [-0.15, -0.1) is 0 Å². The highest BCUT2D eigenvalue weighted by Gasteiger charge is 2.27. The number of ether oxygens (including phenoxy) is 1. The van der Waals surface area contributed by atoms with Crippen LogP contribution in [0.5, 0.6) is 0 Å². The van der Waals surface area contributed by atoms with Gasteiger partial charge in [-0.3, -0.25) is 4.90 Å². The predicted molar refractivity (Wildman–Crippen MR) is 86.3 cm³/mol. The number of anilines is 1. The van der Waals surface area contributed by atoms with Crippen molar-refractivity contribution in [1.29, 1.82) is 0 Å². The molecule has 4 nitrogen and oxygen atoms in total. The Kier molecular flexibility index (Phi) is 5.48. The van der Waals surface area contributed by atoms with Crippen LogP contribution in [0.25, 0.3) is 0 Å². The first-order chi connectivity index (χ1) is 10.1. The summed E-state index contributed by atoms with van der Waals surface area (Å²) in [7, 11) is 1.37. The summed E-state index contributed by atoms with van der Waals surface area (Å²) in [6, 6.07) is 6.16. The minimum absolute atomic E-state index is 0.388. The number of halogens is 1. The molecule has 0 spiro atoms. The number of hydrogen-bond acceptors (Lipinski definition) is 4. The van der Waals surface area contributed by atoms with Crippen LogP contribution in [0.1, 0.15) is 30.6 Å². The molecule has 0 N–H and O–H groups in total. The van der Waals surface area contributed by atoms with E-state index in [-0.39, 0.29) is 5.97 Å². The van der Waals surface area contributed by atoms with Gasteiger partial charge in [0.1, 0.15) is 0 Å². The molecule has 2 rings (SSSR count). The number of benzene rings is 1. The third-order valence-corrected chi connectivity index (χ3v) is 4.54. The standard InChI is InChI=1S/C16H23ClN2O2/c1-4-18(5-2)13-8-9-19(11-13)12-6-7-15(17)14(10-12)16(20)21-3/h6-7,10,13H,4-5,8-9,11H2,1-3H3. The Labute approximate surface area is 131 Å². The molecule has 0 radical (unpaired) electrons. The zero-order chi connectivity index (χ0) is 15.4. The van der Waals surface area contributed by atoms with E-state index in [2.05, 4.69) is 23.6 Å². The van der Waals surface area contributed by atoms with Gasteiger partial charge in [0.05, 0.1) is 17.7 Å². The van der Waals surface area contributed by atoms with Gasteiger partial charge in [0, 0.05) is 24.8 Å². The second-order valence-corrected chi connectivity index (χ2v) is 5.67. The van der Waals surface area contributed by atoms with Gasteiger partial charge in [-0.05, 0) is 37.7 Å². The SMILES string of the molecule is CCN(CC)C1CCN(c2ccc(Cl)c(C(=O)OC)c2)C1. The van der Waals surface area contributed by atoms with Gasteiger partial charge < -0.3 is 9.64 Å². The molecule has 5 heteroatoms. The first kappa shape index (κ1) is 16.1. The van der Waals surface area contributed by atoms with E-state index in [1.165, 1.54) is 7.11 Å². The smallest absolute Gasteiger partial charge is 0.339 e. The van der Waals surface area contributed by atoms with E-state index < -0.39 is 0 Å². The Morgan fingerprint density at radius 3 is 2.76 bits per heavy atom. The molecular weight excluding hydrogens is 288 g/mol. The molecule has 1 atom stereocenters. The Hall–Kier alpha value is -1.26. The Bertz CT molecular complexity index is 503. The summed E-state index contributed by atoms with van der Waals surface area (Å²) < 4.78 is 4.78. The third kappa shape index (κ3) is 3.50. The second kappa shape index (κ2) is 7.14. The van der Waals surface area contributed by atoms with Crippen LogP contribution < -0.4 is 4.90 Å². The van der Waals surface area contributed by atoms with Crippen LogP contribution in [0.15, 0.2) is 18.2 Å². The topological polar surface area (TPSA) is 32.8 Å². The van der Waals surface area contributed by atoms with Crippen LogP contribution >= 0.6 is 11.6 Å². The number of methoxy groups -OCH3 is 1. The number of carbonyl (C=O) groups excluding carboxylic acids is 1. The predicted octanol–water partition coefficient (Wildman–Crippen LogP) is 3.05. The van der Waals surface area contributed by atoms with E-state index >= 15 is 0 Å². The largest absolute Gasteiger partial charge is 0.465 e. The molecule has 0 saturated carbocycles. The first-order valence-corrected chi connectivity index (χ1v) is 7.85. The van der Waals surface area contributed by atoms with Crippen molar-refractivity contribution in [3.63, 3.8) is 0 Å². The van der Waals surface area contributed by atoms with Crippen LogP contribution in [0, 0.1) is 0 Å². The fraction of sp³-hybridized carbons (Fsp3) is 0.562. The maximum absolute atomic E-state index is 11.7. The highest BCUT2D eigenvalue weighted by molar-refractivity contribution is 6.33. The van der Waals surface area contributed by atoms with E-state index in [1.54, 1.807) is 6.07 Å². The Morgan fingerprint density at radius 2 is 2.14 bits per heavy atom. The van der Waals surface area contributed by atoms with Crippen LogP contribution in [0.4, 0.5) is 5.69 Å². The molecule has 0 aliphatic carbocycles. The van der Waals surface area contributed by atoms with Crippen molar-refractivity contribution in [3.8, 4) is 0 Å². The van der Waals surface area contributed by atoms with Crippen molar-refractivity contribution in [2.24, 2.45) is 0 Å². The van der Waals surface area contributed by atoms with Gasteiger partial charge in [-0.25, -0.2) is 4.79 Å². The number of esters is 1. The minimum Gasteiger partial charge on any atom is -0.465 e.